The van der Waals surface area contributed by atoms with Gasteiger partial charge in [0.2, 0.25) is 5.91 Å². The van der Waals surface area contributed by atoms with Crippen LogP contribution in [0.5, 0.6) is 0 Å². The molecule has 5 heteroatoms. The molecular weight excluding hydrogens is 324 g/mol. The molecule has 1 atom stereocenters. The molecule has 0 aromatic heterocycles. The van der Waals surface area contributed by atoms with Crippen LogP contribution in [0, 0.1) is 0 Å². The first kappa shape index (κ1) is 18.9. The summed E-state index contributed by atoms with van der Waals surface area (Å²) < 4.78 is 0. The number of benzene rings is 1. The number of rotatable bonds is 5. The third-order valence-electron chi connectivity index (χ3n) is 5.39. The second kappa shape index (κ2) is 9.19. The van der Waals surface area contributed by atoms with Gasteiger partial charge in [0.05, 0.1) is 0 Å². The van der Waals surface area contributed by atoms with Crippen LogP contribution in [0.4, 0.5) is 5.69 Å². The number of amides is 1. The summed E-state index contributed by atoms with van der Waals surface area (Å²) in [6.45, 7) is 6.87. The van der Waals surface area contributed by atoms with Crippen LogP contribution in [0.15, 0.2) is 42.5 Å². The minimum Gasteiger partial charge on any atom is -0.369 e. The van der Waals surface area contributed by atoms with Crippen molar-refractivity contribution in [2.75, 3.05) is 64.8 Å². The number of hydrogen-bond donors (Lipinski definition) is 0. The predicted molar refractivity (Wildman–Crippen MR) is 108 cm³/mol. The SMILES string of the molecule is CN(C)C/C=C/C(=O)N1CCCC(N2CCN(c3ccccc3)CC2)C1. The summed E-state index contributed by atoms with van der Waals surface area (Å²) >= 11 is 0. The number of nitrogens with zero attached hydrogens (tertiary/aromatic N) is 4. The van der Waals surface area contributed by atoms with E-state index >= 15 is 0 Å². The minimum absolute atomic E-state index is 0.166. The molecule has 0 N–H and O–H groups in total. The molecule has 26 heavy (non-hydrogen) atoms. The smallest absolute Gasteiger partial charge is 0.246 e. The Morgan fingerprint density at radius 2 is 1.85 bits per heavy atom. The van der Waals surface area contributed by atoms with Gasteiger partial charge in [-0.05, 0) is 39.1 Å². The maximum atomic E-state index is 12.4. The van der Waals surface area contributed by atoms with Crippen molar-refractivity contribution in [3.05, 3.63) is 42.5 Å². The second-order valence-electron chi connectivity index (χ2n) is 7.60. The number of likely N-dealkylation sites (tertiary alicyclic amines) is 1. The largest absolute Gasteiger partial charge is 0.369 e. The fraction of sp³-hybridized carbons (Fsp3) is 0.571. The van der Waals surface area contributed by atoms with Crippen LogP contribution in [0.2, 0.25) is 0 Å². The van der Waals surface area contributed by atoms with E-state index in [1.165, 1.54) is 12.1 Å². The zero-order valence-corrected chi connectivity index (χ0v) is 16.2. The van der Waals surface area contributed by atoms with Crippen molar-refractivity contribution in [2.45, 2.75) is 18.9 Å². The average molecular weight is 357 g/mol. The molecule has 0 spiro atoms. The van der Waals surface area contributed by atoms with E-state index in [4.69, 9.17) is 0 Å². The number of likely N-dealkylation sites (N-methyl/N-ethyl adjacent to an activating group) is 1. The Balaban J connectivity index is 1.49. The summed E-state index contributed by atoms with van der Waals surface area (Å²) in [4.78, 5) is 21.6. The highest BCUT2D eigenvalue weighted by Gasteiger charge is 2.29. The normalized spacial score (nSPS) is 22.3. The molecule has 3 rings (SSSR count). The zero-order valence-electron chi connectivity index (χ0n) is 16.2. The Morgan fingerprint density at radius 1 is 1.12 bits per heavy atom. The minimum atomic E-state index is 0.166. The lowest BCUT2D eigenvalue weighted by Crippen LogP contribution is -2.55. The molecule has 0 aliphatic carbocycles. The van der Waals surface area contributed by atoms with E-state index in [1.807, 2.05) is 25.1 Å². The molecule has 2 saturated heterocycles. The predicted octanol–water partition coefficient (Wildman–Crippen LogP) is 1.92. The van der Waals surface area contributed by atoms with Gasteiger partial charge in [0.15, 0.2) is 0 Å². The fourth-order valence-electron chi connectivity index (χ4n) is 3.91. The lowest BCUT2D eigenvalue weighted by molar-refractivity contribution is -0.128. The molecule has 1 aromatic rings. The number of carbonyl (C=O) groups is 1. The van der Waals surface area contributed by atoms with Gasteiger partial charge in [-0.25, -0.2) is 0 Å². The number of carbonyl (C=O) groups excluding carboxylic acids is 1. The van der Waals surface area contributed by atoms with Crippen LogP contribution in [0.3, 0.4) is 0 Å². The number of hydrogen-bond acceptors (Lipinski definition) is 4. The molecule has 2 aliphatic rings. The Hall–Kier alpha value is -1.85. The molecule has 0 radical (unpaired) electrons. The average Bonchev–Trinajstić information content (AvgIpc) is 2.68. The van der Waals surface area contributed by atoms with E-state index in [-0.39, 0.29) is 5.91 Å². The summed E-state index contributed by atoms with van der Waals surface area (Å²) in [7, 11) is 4.03. The first-order valence-corrected chi connectivity index (χ1v) is 9.77. The van der Waals surface area contributed by atoms with E-state index in [0.29, 0.717) is 6.04 Å². The van der Waals surface area contributed by atoms with Crippen molar-refractivity contribution >= 4 is 11.6 Å². The van der Waals surface area contributed by atoms with E-state index in [0.717, 1.165) is 52.2 Å². The summed E-state index contributed by atoms with van der Waals surface area (Å²) in [6.07, 6.45) is 6.02. The van der Waals surface area contributed by atoms with Gasteiger partial charge in [0, 0.05) is 63.6 Å². The van der Waals surface area contributed by atoms with Crippen molar-refractivity contribution < 1.29 is 4.79 Å². The molecule has 142 valence electrons. The first-order chi connectivity index (χ1) is 12.6. The number of para-hydroxylation sites is 1. The van der Waals surface area contributed by atoms with Gasteiger partial charge in [-0.1, -0.05) is 24.3 Å². The topological polar surface area (TPSA) is 30.0 Å². The lowest BCUT2D eigenvalue weighted by atomic mass is 10.0. The third kappa shape index (κ3) is 5.08. The highest BCUT2D eigenvalue weighted by atomic mass is 16.2. The van der Waals surface area contributed by atoms with Gasteiger partial charge in [0.25, 0.3) is 0 Å². The first-order valence-electron chi connectivity index (χ1n) is 9.77. The Labute approximate surface area is 157 Å². The van der Waals surface area contributed by atoms with Crippen molar-refractivity contribution in [3.8, 4) is 0 Å². The summed E-state index contributed by atoms with van der Waals surface area (Å²) in [5.41, 5.74) is 1.32. The zero-order chi connectivity index (χ0) is 18.4. The Kier molecular flexibility index (Phi) is 6.69. The maximum absolute atomic E-state index is 12.4. The molecule has 1 amide bonds. The monoisotopic (exact) mass is 356 g/mol. The van der Waals surface area contributed by atoms with Crippen LogP contribution in [-0.2, 0) is 4.79 Å². The molecule has 2 fully saturated rings. The van der Waals surface area contributed by atoms with E-state index in [9.17, 15) is 4.79 Å². The molecule has 5 nitrogen and oxygen atoms in total. The summed E-state index contributed by atoms with van der Waals surface area (Å²) in [5, 5.41) is 0. The van der Waals surface area contributed by atoms with Gasteiger partial charge < -0.3 is 14.7 Å². The van der Waals surface area contributed by atoms with Crippen molar-refractivity contribution in [2.24, 2.45) is 0 Å². The second-order valence-corrected chi connectivity index (χ2v) is 7.60. The highest BCUT2D eigenvalue weighted by molar-refractivity contribution is 5.87. The van der Waals surface area contributed by atoms with Crippen LogP contribution in [-0.4, -0.2) is 86.6 Å². The quantitative estimate of drug-likeness (QED) is 0.754. The maximum Gasteiger partial charge on any atom is 0.246 e. The van der Waals surface area contributed by atoms with E-state index in [1.54, 1.807) is 6.08 Å². The molecule has 0 saturated carbocycles. The standard InChI is InChI=1S/C21H32N4O/c1-22(2)12-7-11-21(26)25-13-6-10-20(18-25)24-16-14-23(15-17-24)19-8-4-3-5-9-19/h3-5,7-9,11,20H,6,10,12-18H2,1-2H3/b11-7+. The van der Waals surface area contributed by atoms with Crippen molar-refractivity contribution in [3.63, 3.8) is 0 Å². The fourth-order valence-corrected chi connectivity index (χ4v) is 3.91. The lowest BCUT2D eigenvalue weighted by Gasteiger charge is -2.43. The van der Waals surface area contributed by atoms with E-state index < -0.39 is 0 Å². The van der Waals surface area contributed by atoms with Gasteiger partial charge in [-0.3, -0.25) is 9.69 Å². The summed E-state index contributed by atoms with van der Waals surface area (Å²) in [6, 6.07) is 11.2. The van der Waals surface area contributed by atoms with E-state index in [2.05, 4.69) is 45.0 Å². The molecular formula is C21H32N4O. The summed E-state index contributed by atoms with van der Waals surface area (Å²) in [5.74, 6) is 0.166. The van der Waals surface area contributed by atoms with Crippen LogP contribution in [0.25, 0.3) is 0 Å². The van der Waals surface area contributed by atoms with Crippen molar-refractivity contribution in [1.82, 2.24) is 14.7 Å². The van der Waals surface area contributed by atoms with Crippen LogP contribution < -0.4 is 4.90 Å². The van der Waals surface area contributed by atoms with Gasteiger partial charge in [-0.2, -0.15) is 0 Å². The highest BCUT2D eigenvalue weighted by Crippen LogP contribution is 2.21. The Morgan fingerprint density at radius 3 is 2.54 bits per heavy atom. The van der Waals surface area contributed by atoms with Crippen molar-refractivity contribution in [1.29, 1.82) is 0 Å². The van der Waals surface area contributed by atoms with Crippen LogP contribution in [0.1, 0.15) is 12.8 Å². The molecule has 2 aliphatic heterocycles. The number of anilines is 1. The number of piperazine rings is 1. The van der Waals surface area contributed by atoms with Gasteiger partial charge in [0.1, 0.15) is 0 Å². The van der Waals surface area contributed by atoms with Gasteiger partial charge in [-0.15, -0.1) is 0 Å². The molecule has 1 unspecified atom stereocenters. The molecule has 2 heterocycles. The third-order valence-corrected chi connectivity index (χ3v) is 5.39. The molecule has 1 aromatic carbocycles. The molecule has 0 bridgehead atoms. The van der Waals surface area contributed by atoms with Gasteiger partial charge >= 0.3 is 0 Å². The number of piperidine rings is 1. The van der Waals surface area contributed by atoms with Crippen LogP contribution >= 0.6 is 0 Å². The Bertz CT molecular complexity index is 593.